The van der Waals surface area contributed by atoms with Crippen LogP contribution >= 0.6 is 11.3 Å². The Balaban J connectivity index is 1.65. The number of ketones is 1. The van der Waals surface area contributed by atoms with Gasteiger partial charge in [-0.05, 0) is 65.5 Å². The molecule has 272 valence electrons. The fourth-order valence-electron chi connectivity index (χ4n) is 6.01. The van der Waals surface area contributed by atoms with Crippen LogP contribution in [-0.2, 0) is 40.0 Å². The molecule has 5 amide bonds. The first-order valence-corrected chi connectivity index (χ1v) is 18.1. The van der Waals surface area contributed by atoms with E-state index in [-0.39, 0.29) is 37.0 Å². The zero-order chi connectivity index (χ0) is 36.6. The molecule has 4 atom stereocenters. The number of carboxylic acid groups (broad SMARTS) is 1. The van der Waals surface area contributed by atoms with Gasteiger partial charge in [-0.2, -0.15) is 11.3 Å². The molecule has 0 bridgehead atoms. The van der Waals surface area contributed by atoms with Crippen LogP contribution in [-0.4, -0.2) is 71.1 Å². The van der Waals surface area contributed by atoms with Crippen LogP contribution in [0, 0.1) is 11.8 Å². The molecule has 13 nitrogen and oxygen atoms in total. The van der Waals surface area contributed by atoms with Gasteiger partial charge in [0.05, 0.1) is 19.0 Å². The van der Waals surface area contributed by atoms with E-state index in [1.54, 1.807) is 25.1 Å². The first kappa shape index (κ1) is 39.8. The Morgan fingerprint density at radius 3 is 2.12 bits per heavy atom. The van der Waals surface area contributed by atoms with Gasteiger partial charge in [-0.3, -0.25) is 28.8 Å². The quantitative estimate of drug-likeness (QED) is 0.120. The number of hydrogen-bond donors (Lipinski definition) is 6. The minimum atomic E-state index is -1.36. The van der Waals surface area contributed by atoms with E-state index in [0.717, 1.165) is 37.7 Å². The van der Waals surface area contributed by atoms with Crippen LogP contribution in [0.25, 0.3) is 0 Å². The Kier molecular flexibility index (Phi) is 16.1. The van der Waals surface area contributed by atoms with Gasteiger partial charge in [0.2, 0.25) is 29.4 Å². The minimum Gasteiger partial charge on any atom is -0.479 e. The summed E-state index contributed by atoms with van der Waals surface area (Å²) in [7, 11) is 0. The van der Waals surface area contributed by atoms with Crippen molar-refractivity contribution in [1.29, 1.82) is 0 Å². The summed E-state index contributed by atoms with van der Waals surface area (Å²) in [6.45, 7) is 4.87. The van der Waals surface area contributed by atoms with Crippen LogP contribution in [0.5, 0.6) is 0 Å². The highest BCUT2D eigenvalue weighted by Crippen LogP contribution is 2.27. The standard InChI is InChI=1S/C36H49N5O8S/c1-4-11-26(32(44)35(47)37-20-29(43)41-31(36(48)49)25-14-9-6-10-15-25)38-33(45)27(18-22(2)3)39-34(46)30(24-12-7-5-8-13-24)40-28(42)19-23-16-17-50-21-23/h6,9-10,14-17,21-22,24,26-27,30-31H,4-5,7-8,11-13,18-20H2,1-3H3,(H,37,47)(H,38,45)(H,39,46)(H,40,42)(H,41,43)(H,48,49)/t26?,27-,30-,31-/m0/s1. The third-order valence-electron chi connectivity index (χ3n) is 8.53. The molecule has 1 fully saturated rings. The van der Waals surface area contributed by atoms with Gasteiger partial charge in [-0.15, -0.1) is 0 Å². The molecule has 0 spiro atoms. The second-order valence-corrected chi connectivity index (χ2v) is 13.9. The number of carbonyl (C=O) groups is 7. The SMILES string of the molecule is CCCC(NC(=O)[C@H](CC(C)C)NC(=O)[C@@H](NC(=O)Cc1ccsc1)C1CCCCC1)C(=O)C(=O)NCC(=O)N[C@H](C(=O)O)c1ccccc1. The smallest absolute Gasteiger partial charge is 0.330 e. The number of carbonyl (C=O) groups excluding carboxylic acids is 6. The summed E-state index contributed by atoms with van der Waals surface area (Å²) in [4.78, 5) is 90.6. The van der Waals surface area contributed by atoms with Crippen LogP contribution in [0.3, 0.4) is 0 Å². The van der Waals surface area contributed by atoms with Gasteiger partial charge in [0.1, 0.15) is 12.1 Å². The van der Waals surface area contributed by atoms with Crippen molar-refractivity contribution in [3.8, 4) is 0 Å². The molecular weight excluding hydrogens is 662 g/mol. The zero-order valence-electron chi connectivity index (χ0n) is 28.9. The second-order valence-electron chi connectivity index (χ2n) is 13.1. The number of carboxylic acids is 1. The highest BCUT2D eigenvalue weighted by molar-refractivity contribution is 7.08. The van der Waals surface area contributed by atoms with Crippen molar-refractivity contribution in [2.75, 3.05) is 6.54 Å². The lowest BCUT2D eigenvalue weighted by molar-refractivity contribution is -0.142. The highest BCUT2D eigenvalue weighted by Gasteiger charge is 2.35. The monoisotopic (exact) mass is 711 g/mol. The van der Waals surface area contributed by atoms with Gasteiger partial charge in [0.25, 0.3) is 5.91 Å². The van der Waals surface area contributed by atoms with Gasteiger partial charge in [0, 0.05) is 0 Å². The van der Waals surface area contributed by atoms with Gasteiger partial charge < -0.3 is 31.7 Å². The van der Waals surface area contributed by atoms with Crippen molar-refractivity contribution >= 4 is 52.6 Å². The van der Waals surface area contributed by atoms with E-state index in [2.05, 4.69) is 26.6 Å². The maximum Gasteiger partial charge on any atom is 0.330 e. The largest absolute Gasteiger partial charge is 0.479 e. The van der Waals surface area contributed by atoms with Crippen LogP contribution in [0.4, 0.5) is 0 Å². The normalized spacial score (nSPS) is 15.5. The molecule has 1 aromatic heterocycles. The van der Waals surface area contributed by atoms with E-state index < -0.39 is 66.1 Å². The van der Waals surface area contributed by atoms with Gasteiger partial charge in [-0.25, -0.2) is 4.79 Å². The number of rotatable bonds is 19. The van der Waals surface area contributed by atoms with Crippen LogP contribution in [0.15, 0.2) is 47.2 Å². The zero-order valence-corrected chi connectivity index (χ0v) is 29.7. The summed E-state index contributed by atoms with van der Waals surface area (Å²) in [6, 6.07) is 5.39. The fraction of sp³-hybridized carbons (Fsp3) is 0.528. The van der Waals surface area contributed by atoms with E-state index in [1.807, 2.05) is 30.7 Å². The highest BCUT2D eigenvalue weighted by atomic mass is 32.1. The van der Waals surface area contributed by atoms with E-state index in [1.165, 1.54) is 23.5 Å². The molecule has 3 rings (SSSR count). The third-order valence-corrected chi connectivity index (χ3v) is 9.27. The average molecular weight is 712 g/mol. The number of amides is 5. The predicted molar refractivity (Wildman–Crippen MR) is 188 cm³/mol. The molecule has 1 aromatic carbocycles. The van der Waals surface area contributed by atoms with Crippen LogP contribution < -0.4 is 26.6 Å². The molecule has 1 saturated carbocycles. The van der Waals surface area contributed by atoms with Crippen molar-refractivity contribution < 1.29 is 38.7 Å². The third kappa shape index (κ3) is 12.7. The Bertz CT molecular complexity index is 1460. The van der Waals surface area contributed by atoms with Gasteiger partial charge in [0.15, 0.2) is 6.04 Å². The molecular formula is C36H49N5O8S. The van der Waals surface area contributed by atoms with E-state index in [0.29, 0.717) is 12.0 Å². The number of aliphatic carboxylic acids is 1. The lowest BCUT2D eigenvalue weighted by atomic mass is 9.83. The molecule has 2 aromatic rings. The molecule has 1 heterocycles. The van der Waals surface area contributed by atoms with E-state index in [9.17, 15) is 38.7 Å². The molecule has 0 saturated heterocycles. The molecule has 1 aliphatic carbocycles. The van der Waals surface area contributed by atoms with Gasteiger partial charge in [-0.1, -0.05) is 76.8 Å². The summed E-state index contributed by atoms with van der Waals surface area (Å²) in [5.41, 5.74) is 1.18. The van der Waals surface area contributed by atoms with Crippen LogP contribution in [0.2, 0.25) is 0 Å². The van der Waals surface area contributed by atoms with Crippen molar-refractivity contribution in [3.63, 3.8) is 0 Å². The van der Waals surface area contributed by atoms with Crippen molar-refractivity contribution in [3.05, 3.63) is 58.3 Å². The topological polar surface area (TPSA) is 200 Å². The fourth-order valence-corrected chi connectivity index (χ4v) is 6.68. The molecule has 6 N–H and O–H groups in total. The summed E-state index contributed by atoms with van der Waals surface area (Å²) in [5, 5.41) is 26.2. The van der Waals surface area contributed by atoms with E-state index in [4.69, 9.17) is 0 Å². The summed E-state index contributed by atoms with van der Waals surface area (Å²) < 4.78 is 0. The number of nitrogens with one attached hydrogen (secondary N) is 5. The minimum absolute atomic E-state index is 0.0278. The first-order chi connectivity index (χ1) is 23.9. The molecule has 14 heteroatoms. The lowest BCUT2D eigenvalue weighted by Crippen LogP contribution is -2.58. The summed E-state index contributed by atoms with van der Waals surface area (Å²) >= 11 is 1.48. The number of benzene rings is 1. The number of hydrogen-bond acceptors (Lipinski definition) is 8. The summed E-state index contributed by atoms with van der Waals surface area (Å²) in [5.74, 6) is -5.77. The maximum atomic E-state index is 13.8. The van der Waals surface area contributed by atoms with E-state index >= 15 is 0 Å². The molecule has 0 radical (unpaired) electrons. The number of thiophene rings is 1. The maximum absolute atomic E-state index is 13.8. The average Bonchev–Trinajstić information content (AvgIpc) is 3.61. The lowest BCUT2D eigenvalue weighted by Gasteiger charge is -2.32. The molecule has 1 unspecified atom stereocenters. The predicted octanol–water partition coefficient (Wildman–Crippen LogP) is 2.80. The van der Waals surface area contributed by atoms with Crippen molar-refractivity contribution in [1.82, 2.24) is 26.6 Å². The Morgan fingerprint density at radius 1 is 0.840 bits per heavy atom. The Labute approximate surface area is 296 Å². The number of Topliss-reactive ketones (excluding diaryl/α,β-unsaturated/α-hetero) is 1. The second kappa shape index (κ2) is 20.2. The van der Waals surface area contributed by atoms with Gasteiger partial charge >= 0.3 is 5.97 Å². The van der Waals surface area contributed by atoms with Crippen molar-refractivity contribution in [2.24, 2.45) is 11.8 Å². The Hall–Kier alpha value is -4.59. The van der Waals surface area contributed by atoms with Crippen molar-refractivity contribution in [2.45, 2.75) is 103 Å². The Morgan fingerprint density at radius 2 is 1.52 bits per heavy atom. The van der Waals surface area contributed by atoms with Crippen LogP contribution in [0.1, 0.15) is 89.3 Å². The molecule has 0 aliphatic heterocycles. The molecule has 1 aliphatic rings. The first-order valence-electron chi connectivity index (χ1n) is 17.2. The molecule has 50 heavy (non-hydrogen) atoms. The summed E-state index contributed by atoms with van der Waals surface area (Å²) in [6.07, 6.45) is 5.37.